The topological polar surface area (TPSA) is 54.9 Å². The predicted octanol–water partition coefficient (Wildman–Crippen LogP) is 3.04. The molecule has 2 aliphatic carbocycles. The van der Waals surface area contributed by atoms with Crippen molar-refractivity contribution < 1.29 is 4.79 Å². The summed E-state index contributed by atoms with van der Waals surface area (Å²) >= 11 is 5.94. The van der Waals surface area contributed by atoms with E-state index in [4.69, 9.17) is 11.6 Å². The standard InChI is InChI=1S/C16H14ClN3O/c17-14-15(19-8-7-18-14)20-16(21)13-11-6-5-9-3-1-2-4-10(9)12(11)13/h1-4,7-8,11-13H,5-6H2,(H,19,20,21). The minimum atomic E-state index is 0.00380. The predicted molar refractivity (Wildman–Crippen MR) is 80.2 cm³/mol. The molecule has 4 nitrogen and oxygen atoms in total. The maximum atomic E-state index is 12.5. The number of halogens is 1. The molecule has 0 spiro atoms. The zero-order valence-electron chi connectivity index (χ0n) is 11.3. The quantitative estimate of drug-likeness (QED) is 0.927. The summed E-state index contributed by atoms with van der Waals surface area (Å²) in [7, 11) is 0. The van der Waals surface area contributed by atoms with E-state index in [1.54, 1.807) is 0 Å². The lowest BCUT2D eigenvalue weighted by atomic mass is 9.92. The summed E-state index contributed by atoms with van der Waals surface area (Å²) in [5.41, 5.74) is 2.71. The molecule has 1 amide bonds. The normalized spacial score (nSPS) is 25.7. The molecule has 1 aromatic carbocycles. The number of nitrogens with one attached hydrogen (secondary N) is 1. The van der Waals surface area contributed by atoms with Gasteiger partial charge < -0.3 is 5.32 Å². The molecule has 5 heteroatoms. The van der Waals surface area contributed by atoms with Crippen molar-refractivity contribution in [1.29, 1.82) is 0 Å². The van der Waals surface area contributed by atoms with Gasteiger partial charge in [-0.25, -0.2) is 9.97 Å². The lowest BCUT2D eigenvalue weighted by Crippen LogP contribution is -2.16. The van der Waals surface area contributed by atoms with Crippen LogP contribution in [0.4, 0.5) is 5.82 Å². The number of rotatable bonds is 2. The first-order valence-corrected chi connectivity index (χ1v) is 7.48. The van der Waals surface area contributed by atoms with Crippen LogP contribution in [0, 0.1) is 11.8 Å². The first-order valence-electron chi connectivity index (χ1n) is 7.11. The average molecular weight is 300 g/mol. The number of nitrogens with zero attached hydrogens (tertiary/aromatic N) is 2. The molecule has 0 radical (unpaired) electrons. The molecule has 4 rings (SSSR count). The summed E-state index contributed by atoms with van der Waals surface area (Å²) in [6.07, 6.45) is 5.17. The number of aromatic nitrogens is 2. The molecular formula is C16H14ClN3O. The highest BCUT2D eigenvalue weighted by atomic mass is 35.5. The molecule has 1 fully saturated rings. The maximum absolute atomic E-state index is 12.5. The number of amides is 1. The van der Waals surface area contributed by atoms with E-state index in [1.807, 2.05) is 6.07 Å². The van der Waals surface area contributed by atoms with Crippen molar-refractivity contribution in [2.75, 3.05) is 5.32 Å². The molecule has 0 bridgehead atoms. The second-order valence-electron chi connectivity index (χ2n) is 5.64. The largest absolute Gasteiger partial charge is 0.308 e. The van der Waals surface area contributed by atoms with Gasteiger partial charge in [0.05, 0.1) is 0 Å². The Balaban J connectivity index is 1.55. The molecule has 0 aliphatic heterocycles. The van der Waals surface area contributed by atoms with Crippen molar-refractivity contribution in [2.45, 2.75) is 18.8 Å². The summed E-state index contributed by atoms with van der Waals surface area (Å²) in [6, 6.07) is 8.43. The number of carbonyl (C=O) groups excluding carboxylic acids is 1. The summed E-state index contributed by atoms with van der Waals surface area (Å²) in [4.78, 5) is 20.5. The Morgan fingerprint density at radius 2 is 2.05 bits per heavy atom. The Hall–Kier alpha value is -1.94. The molecular weight excluding hydrogens is 286 g/mol. The minimum absolute atomic E-state index is 0.00380. The van der Waals surface area contributed by atoms with Crippen molar-refractivity contribution in [3.05, 3.63) is 52.9 Å². The number of benzene rings is 1. The number of hydrogen-bond acceptors (Lipinski definition) is 3. The van der Waals surface area contributed by atoms with E-state index >= 15 is 0 Å². The van der Waals surface area contributed by atoms with Crippen molar-refractivity contribution in [2.24, 2.45) is 11.8 Å². The van der Waals surface area contributed by atoms with Gasteiger partial charge in [-0.2, -0.15) is 0 Å². The molecule has 1 N–H and O–H groups in total. The Kier molecular flexibility index (Phi) is 2.93. The number of anilines is 1. The highest BCUT2D eigenvalue weighted by molar-refractivity contribution is 6.32. The van der Waals surface area contributed by atoms with Gasteiger partial charge in [0.15, 0.2) is 11.0 Å². The Morgan fingerprint density at radius 1 is 1.24 bits per heavy atom. The van der Waals surface area contributed by atoms with Gasteiger partial charge in [0.1, 0.15) is 0 Å². The van der Waals surface area contributed by atoms with Crippen molar-refractivity contribution in [3.8, 4) is 0 Å². The molecule has 2 aliphatic rings. The van der Waals surface area contributed by atoms with Crippen LogP contribution in [0.2, 0.25) is 5.15 Å². The van der Waals surface area contributed by atoms with Crippen LogP contribution in [0.5, 0.6) is 0 Å². The third-order valence-electron chi connectivity index (χ3n) is 4.53. The monoisotopic (exact) mass is 299 g/mol. The Labute approximate surface area is 127 Å². The third kappa shape index (κ3) is 2.10. The second kappa shape index (κ2) is 4.81. The van der Waals surface area contributed by atoms with Crippen LogP contribution < -0.4 is 5.32 Å². The van der Waals surface area contributed by atoms with Gasteiger partial charge in [0, 0.05) is 18.3 Å². The average Bonchev–Trinajstić information content (AvgIpc) is 3.24. The van der Waals surface area contributed by atoms with Crippen LogP contribution in [0.15, 0.2) is 36.7 Å². The summed E-state index contributed by atoms with van der Waals surface area (Å²) < 4.78 is 0. The summed E-state index contributed by atoms with van der Waals surface area (Å²) in [5, 5.41) is 3.05. The van der Waals surface area contributed by atoms with Crippen LogP contribution in [-0.2, 0) is 11.2 Å². The molecule has 0 saturated heterocycles. The molecule has 3 atom stereocenters. The Bertz CT molecular complexity index is 718. The zero-order chi connectivity index (χ0) is 14.4. The fourth-order valence-corrected chi connectivity index (χ4v) is 3.68. The van der Waals surface area contributed by atoms with Gasteiger partial charge in [-0.05, 0) is 35.8 Å². The molecule has 3 unspecified atom stereocenters. The van der Waals surface area contributed by atoms with Gasteiger partial charge in [0.25, 0.3) is 0 Å². The van der Waals surface area contributed by atoms with E-state index in [-0.39, 0.29) is 17.0 Å². The lowest BCUT2D eigenvalue weighted by molar-refractivity contribution is -0.117. The molecule has 1 saturated carbocycles. The Morgan fingerprint density at radius 3 is 2.90 bits per heavy atom. The lowest BCUT2D eigenvalue weighted by Gasteiger charge is -2.13. The van der Waals surface area contributed by atoms with Gasteiger partial charge >= 0.3 is 0 Å². The van der Waals surface area contributed by atoms with Gasteiger partial charge in [0.2, 0.25) is 5.91 Å². The zero-order valence-corrected chi connectivity index (χ0v) is 12.0. The van der Waals surface area contributed by atoms with E-state index in [1.165, 1.54) is 23.5 Å². The summed E-state index contributed by atoms with van der Waals surface area (Å²) in [6.45, 7) is 0. The smallest absolute Gasteiger partial charge is 0.229 e. The van der Waals surface area contributed by atoms with E-state index in [2.05, 4.69) is 33.5 Å². The van der Waals surface area contributed by atoms with E-state index in [0.717, 1.165) is 12.8 Å². The van der Waals surface area contributed by atoms with Crippen molar-refractivity contribution in [1.82, 2.24) is 9.97 Å². The fourth-order valence-electron chi connectivity index (χ4n) is 3.53. The highest BCUT2D eigenvalue weighted by Gasteiger charge is 2.57. The molecule has 2 aromatic rings. The van der Waals surface area contributed by atoms with Crippen LogP contribution in [0.3, 0.4) is 0 Å². The number of carbonyl (C=O) groups is 1. The molecule has 1 heterocycles. The van der Waals surface area contributed by atoms with Crippen LogP contribution in [0.25, 0.3) is 0 Å². The maximum Gasteiger partial charge on any atom is 0.229 e. The third-order valence-corrected chi connectivity index (χ3v) is 4.80. The number of aryl methyl sites for hydroxylation is 1. The van der Waals surface area contributed by atoms with Crippen LogP contribution in [0.1, 0.15) is 23.5 Å². The summed E-state index contributed by atoms with van der Waals surface area (Å²) in [5.74, 6) is 1.19. The van der Waals surface area contributed by atoms with Crippen molar-refractivity contribution >= 4 is 23.3 Å². The second-order valence-corrected chi connectivity index (χ2v) is 6.00. The highest BCUT2D eigenvalue weighted by Crippen LogP contribution is 2.60. The van der Waals surface area contributed by atoms with Crippen molar-refractivity contribution in [3.63, 3.8) is 0 Å². The van der Waals surface area contributed by atoms with E-state index < -0.39 is 0 Å². The molecule has 106 valence electrons. The SMILES string of the molecule is O=C(Nc1nccnc1Cl)C1C2CCc3ccccc3C21. The van der Waals surface area contributed by atoms with E-state index in [9.17, 15) is 4.79 Å². The van der Waals surface area contributed by atoms with Gasteiger partial charge in [-0.1, -0.05) is 35.9 Å². The van der Waals surface area contributed by atoms with Crippen LogP contribution in [-0.4, -0.2) is 15.9 Å². The van der Waals surface area contributed by atoms with Crippen LogP contribution >= 0.6 is 11.6 Å². The molecule has 21 heavy (non-hydrogen) atoms. The first kappa shape index (κ1) is 12.8. The first-order chi connectivity index (χ1) is 10.3. The molecule has 1 aromatic heterocycles. The number of fused-ring (bicyclic) bond motifs is 3. The van der Waals surface area contributed by atoms with Gasteiger partial charge in [-0.3, -0.25) is 4.79 Å². The van der Waals surface area contributed by atoms with E-state index in [0.29, 0.717) is 17.7 Å². The minimum Gasteiger partial charge on any atom is -0.308 e. The van der Waals surface area contributed by atoms with Gasteiger partial charge in [-0.15, -0.1) is 0 Å². The fraction of sp³-hybridized carbons (Fsp3) is 0.312. The number of hydrogen-bond donors (Lipinski definition) is 1.